The highest BCUT2D eigenvalue weighted by atomic mass is 15.2. The van der Waals surface area contributed by atoms with Gasteiger partial charge in [0, 0.05) is 34.1 Å². The van der Waals surface area contributed by atoms with Gasteiger partial charge in [-0.2, -0.15) is 0 Å². The number of aliphatic imine (C=N–C) groups is 1. The van der Waals surface area contributed by atoms with Crippen molar-refractivity contribution in [2.24, 2.45) is 4.99 Å². The predicted molar refractivity (Wildman–Crippen MR) is 196 cm³/mol. The van der Waals surface area contributed by atoms with E-state index >= 15 is 0 Å². The molecule has 0 saturated heterocycles. The first kappa shape index (κ1) is 27.1. The molecule has 0 radical (unpaired) electrons. The summed E-state index contributed by atoms with van der Waals surface area (Å²) >= 11 is 0. The number of para-hydroxylation sites is 4. The van der Waals surface area contributed by atoms with Gasteiger partial charge in [-0.25, -0.2) is 4.98 Å². The second kappa shape index (κ2) is 11.0. The predicted octanol–water partition coefficient (Wildman–Crippen LogP) is 11.2. The van der Waals surface area contributed by atoms with Crippen LogP contribution in [0.5, 0.6) is 0 Å². The Balaban J connectivity index is 1.31. The molecular formula is C43H30N4. The van der Waals surface area contributed by atoms with Crippen LogP contribution in [0.25, 0.3) is 61.1 Å². The van der Waals surface area contributed by atoms with Crippen LogP contribution >= 0.6 is 0 Å². The van der Waals surface area contributed by atoms with Crippen LogP contribution in [0.2, 0.25) is 0 Å². The summed E-state index contributed by atoms with van der Waals surface area (Å²) in [5.41, 5.74) is 13.4. The van der Waals surface area contributed by atoms with Gasteiger partial charge < -0.3 is 4.90 Å². The van der Waals surface area contributed by atoms with Crippen molar-refractivity contribution in [2.75, 3.05) is 4.90 Å². The SMILES string of the molecule is C=Nc1ccccc1N1Cc2cc3c4ccccc4n(-c4cc(-c5ccccc5)cc(-c5ccccc5)n4)c3cc2-c2ccccc21. The third-order valence-electron chi connectivity index (χ3n) is 9.27. The number of nitrogens with zero attached hydrogens (tertiary/aromatic N) is 4. The van der Waals surface area contributed by atoms with Gasteiger partial charge in [0.2, 0.25) is 0 Å². The van der Waals surface area contributed by atoms with E-state index in [4.69, 9.17) is 4.98 Å². The average molecular weight is 603 g/mol. The molecule has 0 bridgehead atoms. The van der Waals surface area contributed by atoms with E-state index in [0.29, 0.717) is 0 Å². The first-order valence-electron chi connectivity index (χ1n) is 15.9. The summed E-state index contributed by atoms with van der Waals surface area (Å²) in [5.74, 6) is 0.896. The largest absolute Gasteiger partial charge is 0.335 e. The molecular weight excluding hydrogens is 573 g/mol. The fraction of sp³-hybridized carbons (Fsp3) is 0.0233. The lowest BCUT2D eigenvalue weighted by molar-refractivity contribution is 0.962. The molecule has 222 valence electrons. The number of hydrogen-bond acceptors (Lipinski definition) is 3. The third-order valence-corrected chi connectivity index (χ3v) is 9.27. The van der Waals surface area contributed by atoms with Crippen LogP contribution in [0, 0.1) is 0 Å². The van der Waals surface area contributed by atoms with Gasteiger partial charge in [-0.05, 0) is 77.5 Å². The highest BCUT2D eigenvalue weighted by Gasteiger charge is 2.26. The molecule has 0 unspecified atom stereocenters. The Hall–Kier alpha value is -6.26. The topological polar surface area (TPSA) is 33.4 Å². The molecule has 0 atom stereocenters. The van der Waals surface area contributed by atoms with Crippen LogP contribution in [-0.4, -0.2) is 16.3 Å². The summed E-state index contributed by atoms with van der Waals surface area (Å²) in [4.78, 5) is 12.1. The van der Waals surface area contributed by atoms with Crippen LogP contribution in [0.15, 0.2) is 163 Å². The maximum Gasteiger partial charge on any atom is 0.138 e. The summed E-state index contributed by atoms with van der Waals surface area (Å²) in [7, 11) is 0. The van der Waals surface area contributed by atoms with E-state index < -0.39 is 0 Å². The normalized spacial score (nSPS) is 12.2. The smallest absolute Gasteiger partial charge is 0.138 e. The second-order valence-corrected chi connectivity index (χ2v) is 12.0. The van der Waals surface area contributed by atoms with Crippen molar-refractivity contribution in [2.45, 2.75) is 6.54 Å². The van der Waals surface area contributed by atoms with E-state index in [2.05, 4.69) is 161 Å². The molecule has 3 heterocycles. The molecule has 8 aromatic rings. The number of pyridine rings is 1. The van der Waals surface area contributed by atoms with E-state index in [1.807, 2.05) is 18.2 Å². The fourth-order valence-corrected chi connectivity index (χ4v) is 7.11. The molecule has 2 aromatic heterocycles. The number of hydrogen-bond donors (Lipinski definition) is 0. The van der Waals surface area contributed by atoms with Crippen molar-refractivity contribution in [1.82, 2.24) is 9.55 Å². The molecule has 0 amide bonds. The second-order valence-electron chi connectivity index (χ2n) is 12.0. The minimum absolute atomic E-state index is 0.730. The van der Waals surface area contributed by atoms with Gasteiger partial charge in [0.1, 0.15) is 5.82 Å². The van der Waals surface area contributed by atoms with Crippen molar-refractivity contribution < 1.29 is 0 Å². The van der Waals surface area contributed by atoms with Gasteiger partial charge in [0.15, 0.2) is 0 Å². The maximum absolute atomic E-state index is 5.34. The Bertz CT molecular complexity index is 2400. The van der Waals surface area contributed by atoms with E-state index in [-0.39, 0.29) is 0 Å². The number of fused-ring (bicyclic) bond motifs is 6. The molecule has 47 heavy (non-hydrogen) atoms. The molecule has 0 N–H and O–H groups in total. The Morgan fingerprint density at radius 1 is 0.532 bits per heavy atom. The molecule has 0 saturated carbocycles. The standard InChI is InChI=1S/C43H30N4/c1-44-37-20-10-13-23-41(37)46-28-32-24-36-34-19-9-12-22-40(34)47(42(36)27-35(32)33-18-8-11-21-39(33)46)43-26-31(29-14-4-2-5-15-29)25-38(45-43)30-16-6-3-7-17-30/h2-27H,1,28H2. The highest BCUT2D eigenvalue weighted by Crippen LogP contribution is 2.47. The van der Waals surface area contributed by atoms with Gasteiger partial charge in [-0.1, -0.05) is 109 Å². The van der Waals surface area contributed by atoms with Crippen LogP contribution in [0.3, 0.4) is 0 Å². The number of aromatic nitrogens is 2. The van der Waals surface area contributed by atoms with Crippen LogP contribution in [0.1, 0.15) is 5.56 Å². The van der Waals surface area contributed by atoms with Gasteiger partial charge in [-0.3, -0.25) is 9.56 Å². The van der Waals surface area contributed by atoms with Crippen molar-refractivity contribution in [3.8, 4) is 39.3 Å². The molecule has 4 nitrogen and oxygen atoms in total. The van der Waals surface area contributed by atoms with Crippen molar-refractivity contribution in [3.05, 3.63) is 163 Å². The monoisotopic (exact) mass is 602 g/mol. The van der Waals surface area contributed by atoms with E-state index in [9.17, 15) is 0 Å². The molecule has 0 spiro atoms. The van der Waals surface area contributed by atoms with Crippen LogP contribution in [0.4, 0.5) is 17.1 Å². The zero-order valence-corrected chi connectivity index (χ0v) is 25.7. The Kier molecular flexibility index (Phi) is 6.32. The molecule has 9 rings (SSSR count). The molecule has 0 aliphatic carbocycles. The van der Waals surface area contributed by atoms with Crippen molar-refractivity contribution in [1.29, 1.82) is 0 Å². The summed E-state index contributed by atoms with van der Waals surface area (Å²) in [5, 5.41) is 2.42. The van der Waals surface area contributed by atoms with Gasteiger partial charge in [0.05, 0.1) is 28.1 Å². The molecule has 1 aliphatic rings. The fourth-order valence-electron chi connectivity index (χ4n) is 7.11. The lowest BCUT2D eigenvalue weighted by Crippen LogP contribution is -2.21. The van der Waals surface area contributed by atoms with E-state index in [1.54, 1.807) is 0 Å². The molecule has 4 heteroatoms. The highest BCUT2D eigenvalue weighted by molar-refractivity contribution is 6.11. The molecule has 1 aliphatic heterocycles. The minimum atomic E-state index is 0.730. The zero-order valence-electron chi connectivity index (χ0n) is 25.7. The summed E-state index contributed by atoms with van der Waals surface area (Å²) in [6.07, 6.45) is 0. The Morgan fingerprint density at radius 3 is 2.02 bits per heavy atom. The lowest BCUT2D eigenvalue weighted by atomic mass is 9.91. The quantitative estimate of drug-likeness (QED) is 0.184. The van der Waals surface area contributed by atoms with Crippen molar-refractivity contribution >= 4 is 45.6 Å². The summed E-state index contributed by atoms with van der Waals surface area (Å²) < 4.78 is 2.34. The average Bonchev–Trinajstić information content (AvgIpc) is 3.47. The first-order chi connectivity index (χ1) is 23.3. The zero-order chi connectivity index (χ0) is 31.3. The molecule has 0 fully saturated rings. The lowest BCUT2D eigenvalue weighted by Gasteiger charge is -2.33. The summed E-state index contributed by atoms with van der Waals surface area (Å²) in [6, 6.07) is 55.8. The number of benzene rings is 6. The van der Waals surface area contributed by atoms with Crippen LogP contribution < -0.4 is 4.90 Å². The van der Waals surface area contributed by atoms with E-state index in [1.165, 1.54) is 27.5 Å². The van der Waals surface area contributed by atoms with Crippen molar-refractivity contribution in [3.63, 3.8) is 0 Å². The number of anilines is 2. The minimum Gasteiger partial charge on any atom is -0.335 e. The Morgan fingerprint density at radius 2 is 1.21 bits per heavy atom. The summed E-state index contributed by atoms with van der Waals surface area (Å²) in [6.45, 7) is 4.59. The van der Waals surface area contributed by atoms with Gasteiger partial charge in [-0.15, -0.1) is 0 Å². The Labute approximate surface area is 273 Å². The van der Waals surface area contributed by atoms with Gasteiger partial charge in [0.25, 0.3) is 0 Å². The maximum atomic E-state index is 5.34. The van der Waals surface area contributed by atoms with E-state index in [0.717, 1.165) is 62.8 Å². The third kappa shape index (κ3) is 4.45. The van der Waals surface area contributed by atoms with Crippen LogP contribution in [-0.2, 0) is 6.54 Å². The molecule has 6 aromatic carbocycles. The number of rotatable bonds is 5. The first-order valence-corrected chi connectivity index (χ1v) is 15.9. The van der Waals surface area contributed by atoms with Gasteiger partial charge >= 0.3 is 0 Å².